The SMILES string of the molecule is COc1cc(C(=O)NC(c2nc(C(=O)NC3CCC(C(F)(F)F)CC3)cs2)C(C)C)cc(OC)c1OC. The van der Waals surface area contributed by atoms with Gasteiger partial charge in [0.1, 0.15) is 10.7 Å². The fourth-order valence-electron chi connectivity index (χ4n) is 4.31. The number of carbonyl (C=O) groups is 2. The first-order chi connectivity index (χ1) is 17.5. The summed E-state index contributed by atoms with van der Waals surface area (Å²) in [5.74, 6) is -1.14. The molecule has 0 radical (unpaired) electrons. The Morgan fingerprint density at radius 2 is 1.59 bits per heavy atom. The second-order valence-electron chi connectivity index (χ2n) is 9.24. The van der Waals surface area contributed by atoms with Crippen LogP contribution in [0.2, 0.25) is 0 Å². The van der Waals surface area contributed by atoms with Gasteiger partial charge in [0.25, 0.3) is 11.8 Å². The number of amides is 2. The molecular formula is C25H32F3N3O5S. The maximum Gasteiger partial charge on any atom is 0.391 e. The molecule has 1 aliphatic rings. The van der Waals surface area contributed by atoms with E-state index in [-0.39, 0.29) is 49.2 Å². The highest BCUT2D eigenvalue weighted by molar-refractivity contribution is 7.09. The molecule has 1 heterocycles. The number of benzene rings is 1. The van der Waals surface area contributed by atoms with E-state index in [1.807, 2.05) is 13.8 Å². The van der Waals surface area contributed by atoms with Gasteiger partial charge in [0.2, 0.25) is 5.75 Å². The molecule has 2 amide bonds. The lowest BCUT2D eigenvalue weighted by molar-refractivity contribution is -0.182. The van der Waals surface area contributed by atoms with Crippen LogP contribution in [0.3, 0.4) is 0 Å². The summed E-state index contributed by atoms with van der Waals surface area (Å²) in [5.41, 5.74) is 0.467. The molecule has 3 rings (SSSR count). The van der Waals surface area contributed by atoms with E-state index in [0.717, 1.165) is 0 Å². The third-order valence-electron chi connectivity index (χ3n) is 6.43. The Kier molecular flexibility index (Phi) is 9.27. The van der Waals surface area contributed by atoms with E-state index in [9.17, 15) is 22.8 Å². The Morgan fingerprint density at radius 1 is 1.00 bits per heavy atom. The molecular weight excluding hydrogens is 511 g/mol. The molecule has 8 nitrogen and oxygen atoms in total. The van der Waals surface area contributed by atoms with E-state index in [1.54, 1.807) is 17.5 Å². The Morgan fingerprint density at radius 3 is 2.08 bits per heavy atom. The van der Waals surface area contributed by atoms with Crippen LogP contribution in [0.15, 0.2) is 17.5 Å². The molecule has 1 aromatic heterocycles. The first-order valence-electron chi connectivity index (χ1n) is 11.9. The van der Waals surface area contributed by atoms with Crippen LogP contribution in [0.25, 0.3) is 0 Å². The third-order valence-corrected chi connectivity index (χ3v) is 7.35. The van der Waals surface area contributed by atoms with Crippen LogP contribution in [0.5, 0.6) is 17.2 Å². The summed E-state index contributed by atoms with van der Waals surface area (Å²) in [6.07, 6.45) is -3.66. The van der Waals surface area contributed by atoms with Gasteiger partial charge < -0.3 is 24.8 Å². The molecule has 1 fully saturated rings. The predicted octanol–water partition coefficient (Wildman–Crippen LogP) is 5.15. The highest BCUT2D eigenvalue weighted by Crippen LogP contribution is 2.39. The maximum atomic E-state index is 13.1. The molecule has 2 N–H and O–H groups in total. The second-order valence-corrected chi connectivity index (χ2v) is 10.1. The summed E-state index contributed by atoms with van der Waals surface area (Å²) in [6.45, 7) is 3.83. The Hall–Kier alpha value is -3.02. The summed E-state index contributed by atoms with van der Waals surface area (Å²) in [5, 5.41) is 7.90. The van der Waals surface area contributed by atoms with Gasteiger partial charge >= 0.3 is 6.18 Å². The molecule has 1 unspecified atom stereocenters. The molecule has 204 valence electrons. The number of hydrogen-bond acceptors (Lipinski definition) is 7. The lowest BCUT2D eigenvalue weighted by Gasteiger charge is -2.30. The predicted molar refractivity (Wildman–Crippen MR) is 133 cm³/mol. The number of alkyl halides is 3. The van der Waals surface area contributed by atoms with Gasteiger partial charge in [-0.1, -0.05) is 13.8 Å². The molecule has 1 saturated carbocycles. The smallest absolute Gasteiger partial charge is 0.391 e. The van der Waals surface area contributed by atoms with Crippen molar-refractivity contribution >= 4 is 23.2 Å². The summed E-state index contributed by atoms with van der Waals surface area (Å²) in [6, 6.07) is 2.28. The summed E-state index contributed by atoms with van der Waals surface area (Å²) < 4.78 is 54.7. The zero-order valence-electron chi connectivity index (χ0n) is 21.4. The molecule has 0 bridgehead atoms. The monoisotopic (exact) mass is 543 g/mol. The van der Waals surface area contributed by atoms with Crippen LogP contribution in [0.4, 0.5) is 13.2 Å². The number of thiazole rings is 1. The van der Waals surface area contributed by atoms with E-state index < -0.39 is 24.0 Å². The summed E-state index contributed by atoms with van der Waals surface area (Å²) in [7, 11) is 4.39. The Balaban J connectivity index is 1.69. The van der Waals surface area contributed by atoms with Crippen molar-refractivity contribution in [3.8, 4) is 17.2 Å². The lowest BCUT2D eigenvalue weighted by Crippen LogP contribution is -2.40. The average molecular weight is 544 g/mol. The topological polar surface area (TPSA) is 98.8 Å². The number of nitrogens with one attached hydrogen (secondary N) is 2. The van der Waals surface area contributed by atoms with Crippen LogP contribution in [-0.4, -0.2) is 50.3 Å². The minimum Gasteiger partial charge on any atom is -0.493 e. The van der Waals surface area contributed by atoms with Gasteiger partial charge in [-0.25, -0.2) is 4.98 Å². The number of aromatic nitrogens is 1. The van der Waals surface area contributed by atoms with Crippen molar-refractivity contribution in [1.82, 2.24) is 15.6 Å². The van der Waals surface area contributed by atoms with Crippen molar-refractivity contribution in [2.24, 2.45) is 11.8 Å². The molecule has 12 heteroatoms. The molecule has 2 aromatic rings. The van der Waals surface area contributed by atoms with E-state index >= 15 is 0 Å². The Labute approximate surface area is 217 Å². The maximum absolute atomic E-state index is 13.1. The molecule has 1 atom stereocenters. The minimum atomic E-state index is -4.20. The lowest BCUT2D eigenvalue weighted by atomic mass is 9.85. The number of halogens is 3. The van der Waals surface area contributed by atoms with E-state index in [0.29, 0.717) is 27.8 Å². The number of rotatable bonds is 9. The van der Waals surface area contributed by atoms with Crippen LogP contribution >= 0.6 is 11.3 Å². The standard InChI is InChI=1S/C25H32F3N3O5S/c1-13(2)20(31-22(32)14-10-18(34-3)21(36-5)19(11-14)35-4)24-30-17(12-37-24)23(33)29-16-8-6-15(7-9-16)25(26,27)28/h10-13,15-16,20H,6-9H2,1-5H3,(H,29,33)(H,31,32). The third kappa shape index (κ3) is 6.85. The molecule has 0 aliphatic heterocycles. The van der Waals surface area contributed by atoms with Crippen molar-refractivity contribution in [2.75, 3.05) is 21.3 Å². The zero-order chi connectivity index (χ0) is 27.3. The van der Waals surface area contributed by atoms with Gasteiger partial charge in [0.05, 0.1) is 33.3 Å². The van der Waals surface area contributed by atoms with Crippen molar-refractivity contribution in [3.05, 3.63) is 33.8 Å². The number of hydrogen-bond donors (Lipinski definition) is 2. The van der Waals surface area contributed by atoms with Gasteiger partial charge in [-0.15, -0.1) is 11.3 Å². The largest absolute Gasteiger partial charge is 0.493 e. The number of carbonyl (C=O) groups excluding carboxylic acids is 2. The fourth-order valence-corrected chi connectivity index (χ4v) is 5.33. The summed E-state index contributed by atoms with van der Waals surface area (Å²) in [4.78, 5) is 30.3. The molecule has 37 heavy (non-hydrogen) atoms. The van der Waals surface area contributed by atoms with E-state index in [2.05, 4.69) is 15.6 Å². The van der Waals surface area contributed by atoms with Gasteiger partial charge in [-0.3, -0.25) is 9.59 Å². The summed E-state index contributed by atoms with van der Waals surface area (Å²) >= 11 is 1.23. The average Bonchev–Trinajstić information content (AvgIpc) is 3.35. The highest BCUT2D eigenvalue weighted by Gasteiger charge is 2.41. The quantitative estimate of drug-likeness (QED) is 0.454. The van der Waals surface area contributed by atoms with Crippen LogP contribution in [0, 0.1) is 11.8 Å². The first-order valence-corrected chi connectivity index (χ1v) is 12.8. The van der Waals surface area contributed by atoms with Crippen LogP contribution < -0.4 is 24.8 Å². The van der Waals surface area contributed by atoms with Crippen LogP contribution in [0.1, 0.15) is 71.4 Å². The number of methoxy groups -OCH3 is 3. The van der Waals surface area contributed by atoms with Crippen molar-refractivity contribution in [3.63, 3.8) is 0 Å². The van der Waals surface area contributed by atoms with Gasteiger partial charge in [0.15, 0.2) is 11.5 Å². The zero-order valence-corrected chi connectivity index (χ0v) is 22.2. The van der Waals surface area contributed by atoms with Crippen molar-refractivity contribution in [1.29, 1.82) is 0 Å². The first kappa shape index (κ1) is 28.5. The molecule has 0 saturated heterocycles. The molecule has 1 aromatic carbocycles. The highest BCUT2D eigenvalue weighted by atomic mass is 32.1. The molecule has 0 spiro atoms. The normalized spacial score (nSPS) is 18.7. The second kappa shape index (κ2) is 12.0. The van der Waals surface area contributed by atoms with Crippen molar-refractivity contribution < 1.29 is 37.0 Å². The fraction of sp³-hybridized carbons (Fsp3) is 0.560. The van der Waals surface area contributed by atoms with E-state index in [4.69, 9.17) is 14.2 Å². The van der Waals surface area contributed by atoms with Crippen molar-refractivity contribution in [2.45, 2.75) is 57.8 Å². The minimum absolute atomic E-state index is 0.000845. The number of ether oxygens (including phenoxy) is 3. The van der Waals surface area contributed by atoms with Crippen LogP contribution in [-0.2, 0) is 0 Å². The van der Waals surface area contributed by atoms with Gasteiger partial charge in [-0.05, 0) is 43.7 Å². The van der Waals surface area contributed by atoms with E-state index in [1.165, 1.54) is 32.7 Å². The van der Waals surface area contributed by atoms with Gasteiger partial charge in [0, 0.05) is 17.0 Å². The number of nitrogens with zero attached hydrogens (tertiary/aromatic N) is 1. The van der Waals surface area contributed by atoms with Gasteiger partial charge in [-0.2, -0.15) is 13.2 Å². The Bertz CT molecular complexity index is 1070. The molecule has 1 aliphatic carbocycles.